The minimum Gasteiger partial charge on any atom is -0.258 e. The number of hydrogen-bond donors (Lipinski definition) is 0. The molecule has 0 unspecified atom stereocenters. The van der Waals surface area contributed by atoms with E-state index in [0.29, 0.717) is 10.9 Å². The van der Waals surface area contributed by atoms with Crippen molar-refractivity contribution in [3.8, 4) is 16.5 Å². The predicted octanol–water partition coefficient (Wildman–Crippen LogP) is 4.35. The Morgan fingerprint density at radius 2 is 1.90 bits per heavy atom. The van der Waals surface area contributed by atoms with Crippen LogP contribution in [0.5, 0.6) is 0 Å². The molecule has 0 saturated heterocycles. The first-order chi connectivity index (χ1) is 9.69. The Bertz CT molecular complexity index is 844. The zero-order valence-corrected chi connectivity index (χ0v) is 11.1. The van der Waals surface area contributed by atoms with Crippen LogP contribution in [0.2, 0.25) is 0 Å². The van der Waals surface area contributed by atoms with Gasteiger partial charge in [-0.2, -0.15) is 5.26 Å². The smallest absolute Gasteiger partial charge is 0.258 e. The number of nitriles is 1. The number of hydrogen-bond acceptors (Lipinski definition) is 4. The van der Waals surface area contributed by atoms with Crippen molar-refractivity contribution in [2.45, 2.75) is 0 Å². The molecule has 0 bridgehead atoms. The van der Waals surface area contributed by atoms with E-state index >= 15 is 0 Å². The lowest BCUT2D eigenvalue weighted by atomic mass is 10.1. The second kappa shape index (κ2) is 4.76. The van der Waals surface area contributed by atoms with Crippen molar-refractivity contribution in [1.82, 2.24) is 0 Å². The number of rotatable bonds is 2. The van der Waals surface area contributed by atoms with Gasteiger partial charge in [0.2, 0.25) is 0 Å². The number of nitro benzene ring substituents is 1. The molecule has 0 aliphatic carbocycles. The van der Waals surface area contributed by atoms with E-state index in [9.17, 15) is 10.1 Å². The molecule has 3 aromatic rings. The number of thiophene rings is 1. The fraction of sp³-hybridized carbons (Fsp3) is 0. The Balaban J connectivity index is 2.15. The summed E-state index contributed by atoms with van der Waals surface area (Å²) in [5.74, 6) is 0. The highest BCUT2D eigenvalue weighted by molar-refractivity contribution is 7.22. The summed E-state index contributed by atoms with van der Waals surface area (Å²) in [7, 11) is 0. The molecule has 5 heteroatoms. The van der Waals surface area contributed by atoms with Gasteiger partial charge < -0.3 is 0 Å². The first-order valence-corrected chi connectivity index (χ1v) is 6.68. The van der Waals surface area contributed by atoms with Gasteiger partial charge in [0.15, 0.2) is 0 Å². The molecule has 0 aliphatic heterocycles. The highest BCUT2D eigenvalue weighted by Crippen LogP contribution is 2.37. The third-order valence-electron chi connectivity index (χ3n) is 3.03. The van der Waals surface area contributed by atoms with Crippen molar-refractivity contribution in [3.05, 3.63) is 64.2 Å². The third-order valence-corrected chi connectivity index (χ3v) is 4.18. The maximum atomic E-state index is 11.0. The molecule has 0 spiro atoms. The first-order valence-electron chi connectivity index (χ1n) is 5.86. The van der Waals surface area contributed by atoms with Crippen LogP contribution in [-0.2, 0) is 0 Å². The lowest BCUT2D eigenvalue weighted by Gasteiger charge is -1.95. The van der Waals surface area contributed by atoms with Crippen molar-refractivity contribution >= 4 is 27.1 Å². The molecule has 0 fully saturated rings. The van der Waals surface area contributed by atoms with Crippen molar-refractivity contribution in [1.29, 1.82) is 5.26 Å². The summed E-state index contributed by atoms with van der Waals surface area (Å²) in [5.41, 5.74) is 1.68. The summed E-state index contributed by atoms with van der Waals surface area (Å²) >= 11 is 1.51. The standard InChI is InChI=1S/C15H8N2O2S/c16-9-10-4-6-11(7-5-10)15-8-12-13(17(18)19)2-1-3-14(12)20-15/h1-8H. The number of non-ortho nitro benzene ring substituents is 1. The quantitative estimate of drug-likeness (QED) is 0.517. The van der Waals surface area contributed by atoms with E-state index in [1.165, 1.54) is 17.4 Å². The number of fused-ring (bicyclic) bond motifs is 1. The fourth-order valence-electron chi connectivity index (χ4n) is 2.06. The van der Waals surface area contributed by atoms with Crippen LogP contribution in [0.4, 0.5) is 5.69 Å². The molecule has 1 heterocycles. The zero-order valence-electron chi connectivity index (χ0n) is 10.2. The van der Waals surface area contributed by atoms with Gasteiger partial charge in [0.1, 0.15) is 0 Å². The van der Waals surface area contributed by atoms with E-state index in [1.807, 2.05) is 24.3 Å². The normalized spacial score (nSPS) is 10.3. The first kappa shape index (κ1) is 12.3. The largest absolute Gasteiger partial charge is 0.278 e. The highest BCUT2D eigenvalue weighted by Gasteiger charge is 2.14. The molecule has 0 aliphatic rings. The van der Waals surface area contributed by atoms with Crippen LogP contribution in [0.1, 0.15) is 5.56 Å². The zero-order chi connectivity index (χ0) is 14.1. The topological polar surface area (TPSA) is 66.9 Å². The molecule has 20 heavy (non-hydrogen) atoms. The lowest BCUT2D eigenvalue weighted by Crippen LogP contribution is -1.86. The molecule has 0 N–H and O–H groups in total. The molecule has 3 rings (SSSR count). The molecule has 4 nitrogen and oxygen atoms in total. The second-order valence-corrected chi connectivity index (χ2v) is 5.33. The Morgan fingerprint density at radius 3 is 2.55 bits per heavy atom. The van der Waals surface area contributed by atoms with Crippen LogP contribution in [0, 0.1) is 21.4 Å². The van der Waals surface area contributed by atoms with Crippen LogP contribution >= 0.6 is 11.3 Å². The number of nitro groups is 1. The van der Waals surface area contributed by atoms with E-state index in [0.717, 1.165) is 15.1 Å². The Morgan fingerprint density at radius 1 is 1.15 bits per heavy atom. The Kier molecular flexibility index (Phi) is 2.93. The summed E-state index contributed by atoms with van der Waals surface area (Å²) < 4.78 is 0.888. The van der Waals surface area contributed by atoms with E-state index in [2.05, 4.69) is 6.07 Å². The van der Waals surface area contributed by atoms with E-state index in [4.69, 9.17) is 5.26 Å². The number of nitrogens with zero attached hydrogens (tertiary/aromatic N) is 2. The van der Waals surface area contributed by atoms with Gasteiger partial charge in [0.25, 0.3) is 5.69 Å². The summed E-state index contributed by atoms with van der Waals surface area (Å²) in [6.45, 7) is 0. The van der Waals surface area contributed by atoms with Crippen LogP contribution in [0.15, 0.2) is 48.5 Å². The minimum absolute atomic E-state index is 0.124. The van der Waals surface area contributed by atoms with Gasteiger partial charge in [-0.25, -0.2) is 0 Å². The van der Waals surface area contributed by atoms with Crippen LogP contribution in [0.3, 0.4) is 0 Å². The molecular formula is C15H8N2O2S. The molecular weight excluding hydrogens is 272 g/mol. The Labute approximate surface area is 118 Å². The molecule has 0 atom stereocenters. The van der Waals surface area contributed by atoms with Gasteiger partial charge in [-0.05, 0) is 29.8 Å². The SMILES string of the molecule is N#Cc1ccc(-c2cc3c([N+](=O)[O-])cccc3s2)cc1. The highest BCUT2D eigenvalue weighted by atomic mass is 32.1. The number of benzene rings is 2. The van der Waals surface area contributed by atoms with Crippen LogP contribution in [0.25, 0.3) is 20.5 Å². The van der Waals surface area contributed by atoms with Gasteiger partial charge >= 0.3 is 0 Å². The molecule has 96 valence electrons. The van der Waals surface area contributed by atoms with Crippen LogP contribution in [-0.4, -0.2) is 4.92 Å². The monoisotopic (exact) mass is 280 g/mol. The van der Waals surface area contributed by atoms with Gasteiger partial charge in [0, 0.05) is 15.6 Å². The van der Waals surface area contributed by atoms with Crippen molar-refractivity contribution in [3.63, 3.8) is 0 Å². The summed E-state index contributed by atoms with van der Waals surface area (Å²) in [6.07, 6.45) is 0. The van der Waals surface area contributed by atoms with Crippen LogP contribution < -0.4 is 0 Å². The Hall–Kier alpha value is -2.71. The predicted molar refractivity (Wildman–Crippen MR) is 78.6 cm³/mol. The van der Waals surface area contributed by atoms with Crippen molar-refractivity contribution in [2.75, 3.05) is 0 Å². The molecule has 0 amide bonds. The summed E-state index contributed by atoms with van der Waals surface area (Å²) in [4.78, 5) is 11.6. The summed E-state index contributed by atoms with van der Waals surface area (Å²) in [5, 5.41) is 20.5. The lowest BCUT2D eigenvalue weighted by molar-refractivity contribution is -0.383. The van der Waals surface area contributed by atoms with Crippen molar-refractivity contribution in [2.24, 2.45) is 0 Å². The average molecular weight is 280 g/mol. The maximum Gasteiger partial charge on any atom is 0.278 e. The maximum absolute atomic E-state index is 11.0. The van der Waals surface area contributed by atoms with Gasteiger partial charge in [-0.3, -0.25) is 10.1 Å². The molecule has 0 radical (unpaired) electrons. The summed E-state index contributed by atoms with van der Waals surface area (Å²) in [6, 6.07) is 16.2. The van der Waals surface area contributed by atoms with E-state index in [-0.39, 0.29) is 10.6 Å². The molecule has 2 aromatic carbocycles. The third kappa shape index (κ3) is 2.02. The second-order valence-electron chi connectivity index (χ2n) is 4.25. The van der Waals surface area contributed by atoms with Crippen molar-refractivity contribution < 1.29 is 4.92 Å². The van der Waals surface area contributed by atoms with Gasteiger partial charge in [0.05, 0.1) is 21.9 Å². The van der Waals surface area contributed by atoms with E-state index < -0.39 is 0 Å². The minimum atomic E-state index is -0.363. The van der Waals surface area contributed by atoms with Gasteiger partial charge in [-0.15, -0.1) is 11.3 Å². The van der Waals surface area contributed by atoms with Gasteiger partial charge in [-0.1, -0.05) is 18.2 Å². The average Bonchev–Trinajstić information content (AvgIpc) is 2.90. The fourth-order valence-corrected chi connectivity index (χ4v) is 3.14. The molecule has 1 aromatic heterocycles. The molecule has 0 saturated carbocycles. The van der Waals surface area contributed by atoms with E-state index in [1.54, 1.807) is 18.2 Å².